The third kappa shape index (κ3) is 6.13. The van der Waals surface area contributed by atoms with Crippen LogP contribution in [0.25, 0.3) is 5.69 Å². The number of nitrogens with zero attached hydrogens (tertiary/aromatic N) is 5. The molecule has 2 heterocycles. The van der Waals surface area contributed by atoms with Crippen molar-refractivity contribution in [3.8, 4) is 17.2 Å². The molecule has 1 aliphatic rings. The van der Waals surface area contributed by atoms with Gasteiger partial charge in [0.1, 0.15) is 28.8 Å². The quantitative estimate of drug-likeness (QED) is 0.346. The standard InChI is InChI=1S/C24H33ClN6O5S/c1-14(25)13-27-22(26-5)15(2)17(4)37(32,33)30-24-29-28-23(18-11-12-36-16(18)3)31(24)21-19(34-6)9-8-10-20(21)35-7/h8-10,13,15-18H,5,11-12H2,1-4,6-7H3,(H,29,30)/b14-13+,27-22-/t15-,16+,17-,18+/m0/s1. The topological polar surface area (TPSA) is 129 Å². The van der Waals surface area contributed by atoms with E-state index in [1.807, 2.05) is 6.92 Å². The van der Waals surface area contributed by atoms with E-state index < -0.39 is 21.2 Å². The molecule has 1 aromatic carbocycles. The Bertz CT molecular complexity index is 1270. The van der Waals surface area contributed by atoms with Crippen LogP contribution >= 0.6 is 11.6 Å². The second kappa shape index (κ2) is 12.1. The van der Waals surface area contributed by atoms with E-state index in [1.54, 1.807) is 43.5 Å². The predicted molar refractivity (Wildman–Crippen MR) is 145 cm³/mol. The van der Waals surface area contributed by atoms with Crippen LogP contribution in [0.15, 0.2) is 39.4 Å². The molecule has 0 amide bonds. The molecule has 3 rings (SSSR count). The number of amidine groups is 1. The average Bonchev–Trinajstić information content (AvgIpc) is 3.47. The zero-order valence-electron chi connectivity index (χ0n) is 21.8. The summed E-state index contributed by atoms with van der Waals surface area (Å²) in [5.74, 6) is 0.961. The molecular weight excluding hydrogens is 520 g/mol. The van der Waals surface area contributed by atoms with Gasteiger partial charge in [-0.2, -0.15) is 0 Å². The van der Waals surface area contributed by atoms with Crippen LogP contribution in [0.3, 0.4) is 0 Å². The first-order valence-electron chi connectivity index (χ1n) is 11.7. The van der Waals surface area contributed by atoms with Crippen LogP contribution in [0.1, 0.15) is 45.9 Å². The minimum Gasteiger partial charge on any atom is -0.494 e. The number of methoxy groups -OCH3 is 2. The lowest BCUT2D eigenvalue weighted by Gasteiger charge is -2.22. The number of hydrogen-bond acceptors (Lipinski definition) is 8. The molecule has 1 aromatic heterocycles. The number of rotatable bonds is 10. The van der Waals surface area contributed by atoms with Gasteiger partial charge in [-0.05, 0) is 46.0 Å². The SMILES string of the molecule is C=N/C(=N\C=C(/C)Cl)[C@@H](C)[C@H](C)S(=O)(=O)Nc1nnc([C@@H]2CCO[C@@H]2C)n1-c1c(OC)cccc1OC. The molecule has 0 bridgehead atoms. The van der Waals surface area contributed by atoms with Crippen molar-refractivity contribution in [2.24, 2.45) is 15.9 Å². The maximum absolute atomic E-state index is 13.5. The van der Waals surface area contributed by atoms with Crippen LogP contribution in [0.2, 0.25) is 0 Å². The van der Waals surface area contributed by atoms with E-state index in [2.05, 4.69) is 31.6 Å². The molecule has 37 heavy (non-hydrogen) atoms. The number of nitrogens with one attached hydrogen (secondary N) is 1. The van der Waals surface area contributed by atoms with Gasteiger partial charge in [0.05, 0.1) is 25.6 Å². The Morgan fingerprint density at radius 3 is 2.46 bits per heavy atom. The molecule has 11 nitrogen and oxygen atoms in total. The number of hydrogen-bond donors (Lipinski definition) is 1. The lowest BCUT2D eigenvalue weighted by atomic mass is 10.0. The summed E-state index contributed by atoms with van der Waals surface area (Å²) in [4.78, 5) is 8.08. The lowest BCUT2D eigenvalue weighted by Crippen LogP contribution is -2.35. The molecule has 2 aromatic rings. The van der Waals surface area contributed by atoms with Gasteiger partial charge < -0.3 is 14.2 Å². The largest absolute Gasteiger partial charge is 0.494 e. The number of sulfonamides is 1. The van der Waals surface area contributed by atoms with E-state index >= 15 is 0 Å². The number of allylic oxidation sites excluding steroid dienone is 1. The van der Waals surface area contributed by atoms with Crippen LogP contribution in [-0.4, -0.2) is 67.9 Å². The monoisotopic (exact) mass is 552 g/mol. The van der Waals surface area contributed by atoms with Crippen LogP contribution < -0.4 is 14.2 Å². The van der Waals surface area contributed by atoms with Gasteiger partial charge >= 0.3 is 0 Å². The Labute approximate surface area is 222 Å². The third-order valence-electron chi connectivity index (χ3n) is 6.39. The Kier molecular flexibility index (Phi) is 9.32. The summed E-state index contributed by atoms with van der Waals surface area (Å²) in [6.45, 7) is 10.9. The molecule has 1 fully saturated rings. The second-order valence-electron chi connectivity index (χ2n) is 8.70. The fourth-order valence-corrected chi connectivity index (χ4v) is 5.38. The summed E-state index contributed by atoms with van der Waals surface area (Å²) in [7, 11) is -0.958. The summed E-state index contributed by atoms with van der Waals surface area (Å²) >= 11 is 5.87. The van der Waals surface area contributed by atoms with Crippen LogP contribution in [0.5, 0.6) is 11.5 Å². The van der Waals surface area contributed by atoms with Crippen molar-refractivity contribution < 1.29 is 22.6 Å². The maximum atomic E-state index is 13.5. The molecule has 1 saturated heterocycles. The highest BCUT2D eigenvalue weighted by Crippen LogP contribution is 2.39. The maximum Gasteiger partial charge on any atom is 0.243 e. The first-order chi connectivity index (χ1) is 17.5. The van der Waals surface area contributed by atoms with Crippen LogP contribution in [0, 0.1) is 5.92 Å². The van der Waals surface area contributed by atoms with Crippen LogP contribution in [0.4, 0.5) is 5.95 Å². The van der Waals surface area contributed by atoms with Gasteiger partial charge in [0.2, 0.25) is 16.0 Å². The highest BCUT2D eigenvalue weighted by Gasteiger charge is 2.36. The molecule has 1 aliphatic heterocycles. The number of aromatic nitrogens is 3. The minimum atomic E-state index is -4.01. The minimum absolute atomic E-state index is 0.00232. The zero-order valence-corrected chi connectivity index (χ0v) is 23.4. The summed E-state index contributed by atoms with van der Waals surface area (Å²) in [5.41, 5.74) is 0.475. The fraction of sp³-hybridized carbons (Fsp3) is 0.500. The number of benzene rings is 1. The van der Waals surface area contributed by atoms with Gasteiger partial charge in [-0.15, -0.1) is 10.2 Å². The van der Waals surface area contributed by atoms with E-state index in [-0.39, 0.29) is 23.8 Å². The average molecular weight is 553 g/mol. The van der Waals surface area contributed by atoms with Crippen molar-refractivity contribution in [1.82, 2.24) is 14.8 Å². The second-order valence-corrected chi connectivity index (χ2v) is 11.3. The van der Waals surface area contributed by atoms with Crippen molar-refractivity contribution in [2.45, 2.75) is 51.4 Å². The van der Waals surface area contributed by atoms with Gasteiger partial charge in [0, 0.05) is 29.7 Å². The van der Waals surface area contributed by atoms with E-state index in [9.17, 15) is 8.42 Å². The first-order valence-corrected chi connectivity index (χ1v) is 13.6. The lowest BCUT2D eigenvalue weighted by molar-refractivity contribution is 0.117. The van der Waals surface area contributed by atoms with Crippen molar-refractivity contribution >= 4 is 40.1 Å². The molecule has 0 aliphatic carbocycles. The van der Waals surface area contributed by atoms with Crippen LogP contribution in [-0.2, 0) is 14.8 Å². The first kappa shape index (κ1) is 28.6. The van der Waals surface area contributed by atoms with Gasteiger partial charge in [0.25, 0.3) is 0 Å². The van der Waals surface area contributed by atoms with E-state index in [1.165, 1.54) is 20.4 Å². The highest BCUT2D eigenvalue weighted by atomic mass is 35.5. The van der Waals surface area contributed by atoms with Gasteiger partial charge in [0.15, 0.2) is 0 Å². The van der Waals surface area contributed by atoms with Gasteiger partial charge in [-0.25, -0.2) is 18.4 Å². The third-order valence-corrected chi connectivity index (χ3v) is 8.34. The number of para-hydroxylation sites is 1. The molecule has 4 atom stereocenters. The van der Waals surface area contributed by atoms with Crippen molar-refractivity contribution in [1.29, 1.82) is 0 Å². The zero-order chi connectivity index (χ0) is 27.3. The molecular formula is C24H33ClN6O5S. The molecule has 202 valence electrons. The Morgan fingerprint density at radius 2 is 1.95 bits per heavy atom. The normalized spacial score (nSPS) is 20.4. The Balaban J connectivity index is 2.11. The van der Waals surface area contributed by atoms with E-state index in [0.29, 0.717) is 41.1 Å². The molecule has 0 unspecified atom stereocenters. The molecule has 13 heteroatoms. The van der Waals surface area contributed by atoms with Crippen molar-refractivity contribution in [2.75, 3.05) is 25.5 Å². The number of aliphatic imine (C=N–C) groups is 2. The predicted octanol–water partition coefficient (Wildman–Crippen LogP) is 4.14. The van der Waals surface area contributed by atoms with E-state index in [4.69, 9.17) is 25.8 Å². The van der Waals surface area contributed by atoms with Gasteiger partial charge in [-0.1, -0.05) is 24.6 Å². The number of halogens is 1. The molecule has 0 saturated carbocycles. The molecule has 1 N–H and O–H groups in total. The fourth-order valence-electron chi connectivity index (χ4n) is 4.10. The Hall–Kier alpha value is -2.96. The molecule has 0 radical (unpaired) electrons. The van der Waals surface area contributed by atoms with E-state index in [0.717, 1.165) is 0 Å². The number of ether oxygens (including phenoxy) is 3. The molecule has 0 spiro atoms. The highest BCUT2D eigenvalue weighted by molar-refractivity contribution is 7.93. The van der Waals surface area contributed by atoms with Crippen molar-refractivity contribution in [3.63, 3.8) is 0 Å². The Morgan fingerprint density at radius 1 is 1.30 bits per heavy atom. The van der Waals surface area contributed by atoms with Crippen molar-refractivity contribution in [3.05, 3.63) is 35.3 Å². The smallest absolute Gasteiger partial charge is 0.243 e. The summed E-state index contributed by atoms with van der Waals surface area (Å²) in [6, 6.07) is 5.29. The van der Waals surface area contributed by atoms with Gasteiger partial charge in [-0.3, -0.25) is 9.29 Å². The summed E-state index contributed by atoms with van der Waals surface area (Å²) in [5, 5.41) is 8.09. The summed E-state index contributed by atoms with van der Waals surface area (Å²) in [6.07, 6.45) is 1.97. The summed E-state index contributed by atoms with van der Waals surface area (Å²) < 4.78 is 48.3. The number of anilines is 1.